The van der Waals surface area contributed by atoms with E-state index in [1.807, 2.05) is 30.3 Å². The number of nitriles is 1. The molecule has 138 valence electrons. The summed E-state index contributed by atoms with van der Waals surface area (Å²) in [5, 5.41) is 11.4. The topological polar surface area (TPSA) is 79.2 Å². The zero-order chi connectivity index (χ0) is 19.6. The molecule has 0 saturated carbocycles. The lowest BCUT2D eigenvalue weighted by molar-refractivity contribution is -0.142. The Hall–Kier alpha value is -3.39. The SMILES string of the molecule is CC[C@H](C)c1ccc(NC(=O)COC(=O)/C=C/c2ccc(C#N)cc2)cc1. The number of amides is 1. The first kappa shape index (κ1) is 19.9. The molecule has 0 aliphatic heterocycles. The molecule has 1 amide bonds. The van der Waals surface area contributed by atoms with E-state index in [2.05, 4.69) is 19.2 Å². The zero-order valence-electron chi connectivity index (χ0n) is 15.4. The number of rotatable bonds is 7. The Morgan fingerprint density at radius 2 is 1.81 bits per heavy atom. The summed E-state index contributed by atoms with van der Waals surface area (Å²) in [5.74, 6) is -0.536. The van der Waals surface area contributed by atoms with Crippen LogP contribution in [0.1, 0.15) is 42.9 Å². The van der Waals surface area contributed by atoms with Crippen LogP contribution in [0, 0.1) is 11.3 Å². The number of carbonyl (C=O) groups is 2. The van der Waals surface area contributed by atoms with Gasteiger partial charge in [0.05, 0.1) is 11.6 Å². The lowest BCUT2D eigenvalue weighted by Gasteiger charge is -2.10. The summed E-state index contributed by atoms with van der Waals surface area (Å²) in [6.07, 6.45) is 3.86. The Balaban J connectivity index is 1.79. The maximum absolute atomic E-state index is 11.9. The van der Waals surface area contributed by atoms with Gasteiger partial charge in [0.1, 0.15) is 0 Å². The highest BCUT2D eigenvalue weighted by Gasteiger charge is 2.07. The smallest absolute Gasteiger partial charge is 0.331 e. The second-order valence-electron chi connectivity index (χ2n) is 6.15. The normalized spacial score (nSPS) is 11.6. The van der Waals surface area contributed by atoms with Crippen molar-refractivity contribution in [1.29, 1.82) is 5.26 Å². The summed E-state index contributed by atoms with van der Waals surface area (Å²) < 4.78 is 4.93. The summed E-state index contributed by atoms with van der Waals surface area (Å²) >= 11 is 0. The fourth-order valence-electron chi connectivity index (χ4n) is 2.35. The van der Waals surface area contributed by atoms with Gasteiger partial charge in [0, 0.05) is 11.8 Å². The number of hydrogen-bond donors (Lipinski definition) is 1. The molecule has 0 aliphatic carbocycles. The number of nitrogens with zero attached hydrogens (tertiary/aromatic N) is 1. The average molecular weight is 362 g/mol. The summed E-state index contributed by atoms with van der Waals surface area (Å²) in [7, 11) is 0. The van der Waals surface area contributed by atoms with Crippen LogP contribution in [0.4, 0.5) is 5.69 Å². The minimum Gasteiger partial charge on any atom is -0.452 e. The van der Waals surface area contributed by atoms with Crippen molar-refractivity contribution in [1.82, 2.24) is 0 Å². The molecule has 2 aromatic rings. The monoisotopic (exact) mass is 362 g/mol. The van der Waals surface area contributed by atoms with Crippen molar-refractivity contribution < 1.29 is 14.3 Å². The van der Waals surface area contributed by atoms with E-state index in [1.165, 1.54) is 11.6 Å². The molecule has 0 unspecified atom stereocenters. The van der Waals surface area contributed by atoms with Gasteiger partial charge in [0.2, 0.25) is 0 Å². The van der Waals surface area contributed by atoms with Gasteiger partial charge in [-0.05, 0) is 53.8 Å². The van der Waals surface area contributed by atoms with Gasteiger partial charge in [-0.25, -0.2) is 4.79 Å². The van der Waals surface area contributed by atoms with Gasteiger partial charge in [-0.2, -0.15) is 5.26 Å². The molecule has 0 fully saturated rings. The molecule has 0 bridgehead atoms. The van der Waals surface area contributed by atoms with Gasteiger partial charge in [-0.1, -0.05) is 38.1 Å². The van der Waals surface area contributed by atoms with E-state index < -0.39 is 11.9 Å². The molecule has 27 heavy (non-hydrogen) atoms. The third-order valence-corrected chi connectivity index (χ3v) is 4.17. The Kier molecular flexibility index (Phi) is 7.33. The molecule has 0 heterocycles. The van der Waals surface area contributed by atoms with Crippen LogP contribution in [0.5, 0.6) is 0 Å². The molecular formula is C22H22N2O3. The molecule has 0 radical (unpaired) electrons. The Morgan fingerprint density at radius 3 is 2.41 bits per heavy atom. The van der Waals surface area contributed by atoms with E-state index in [0.717, 1.165) is 12.0 Å². The second-order valence-corrected chi connectivity index (χ2v) is 6.15. The number of hydrogen-bond acceptors (Lipinski definition) is 4. The fraction of sp³-hybridized carbons (Fsp3) is 0.227. The minimum absolute atomic E-state index is 0.357. The first-order valence-electron chi connectivity index (χ1n) is 8.76. The van der Waals surface area contributed by atoms with Crippen LogP contribution in [0.15, 0.2) is 54.6 Å². The number of benzene rings is 2. The largest absolute Gasteiger partial charge is 0.452 e. The summed E-state index contributed by atoms with van der Waals surface area (Å²) in [4.78, 5) is 23.6. The van der Waals surface area contributed by atoms with Crippen molar-refractivity contribution >= 4 is 23.6 Å². The van der Waals surface area contributed by atoms with Gasteiger partial charge < -0.3 is 10.1 Å². The van der Waals surface area contributed by atoms with Crippen molar-refractivity contribution in [3.63, 3.8) is 0 Å². The van der Waals surface area contributed by atoms with E-state index in [-0.39, 0.29) is 6.61 Å². The van der Waals surface area contributed by atoms with Crippen LogP contribution < -0.4 is 5.32 Å². The Morgan fingerprint density at radius 1 is 1.15 bits per heavy atom. The molecule has 5 heteroatoms. The average Bonchev–Trinajstić information content (AvgIpc) is 2.71. The van der Waals surface area contributed by atoms with Gasteiger partial charge >= 0.3 is 5.97 Å². The van der Waals surface area contributed by atoms with Crippen LogP contribution in [-0.2, 0) is 14.3 Å². The van der Waals surface area contributed by atoms with E-state index in [1.54, 1.807) is 30.3 Å². The zero-order valence-corrected chi connectivity index (χ0v) is 15.4. The maximum atomic E-state index is 11.9. The number of esters is 1. The third kappa shape index (κ3) is 6.44. The van der Waals surface area contributed by atoms with Crippen molar-refractivity contribution in [2.75, 3.05) is 11.9 Å². The van der Waals surface area contributed by atoms with Gasteiger partial charge in [-0.3, -0.25) is 4.79 Å². The first-order chi connectivity index (χ1) is 13.0. The summed E-state index contributed by atoms with van der Waals surface area (Å²) in [5.41, 5.74) is 3.19. The predicted octanol–water partition coefficient (Wildman–Crippen LogP) is 4.27. The van der Waals surface area contributed by atoms with Crippen LogP contribution >= 0.6 is 0 Å². The standard InChI is InChI=1S/C22H22N2O3/c1-3-16(2)19-9-11-20(12-10-19)24-21(25)15-27-22(26)13-8-17-4-6-18(14-23)7-5-17/h4-13,16H,3,15H2,1-2H3,(H,24,25)/b13-8+/t16-/m0/s1. The molecule has 0 aromatic heterocycles. The summed E-state index contributed by atoms with van der Waals surface area (Å²) in [6.45, 7) is 3.92. The Bertz CT molecular complexity index is 847. The van der Waals surface area contributed by atoms with Crippen LogP contribution in [0.3, 0.4) is 0 Å². The van der Waals surface area contributed by atoms with Crippen LogP contribution in [0.2, 0.25) is 0 Å². The van der Waals surface area contributed by atoms with Crippen LogP contribution in [0.25, 0.3) is 6.08 Å². The molecule has 2 rings (SSSR count). The van der Waals surface area contributed by atoms with E-state index in [4.69, 9.17) is 10.00 Å². The molecule has 0 aliphatic rings. The molecule has 0 saturated heterocycles. The highest BCUT2D eigenvalue weighted by atomic mass is 16.5. The van der Waals surface area contributed by atoms with Crippen molar-refractivity contribution in [3.8, 4) is 6.07 Å². The highest BCUT2D eigenvalue weighted by molar-refractivity contribution is 5.94. The fourth-order valence-corrected chi connectivity index (χ4v) is 2.35. The van der Waals surface area contributed by atoms with Crippen molar-refractivity contribution in [2.24, 2.45) is 0 Å². The predicted molar refractivity (Wildman–Crippen MR) is 105 cm³/mol. The number of ether oxygens (including phenoxy) is 1. The minimum atomic E-state index is -0.610. The number of anilines is 1. The maximum Gasteiger partial charge on any atom is 0.331 e. The molecule has 0 spiro atoms. The molecule has 5 nitrogen and oxygen atoms in total. The quantitative estimate of drug-likeness (QED) is 0.589. The second kappa shape index (κ2) is 9.93. The van der Waals surface area contributed by atoms with Crippen molar-refractivity contribution in [2.45, 2.75) is 26.2 Å². The highest BCUT2D eigenvalue weighted by Crippen LogP contribution is 2.20. The van der Waals surface area contributed by atoms with Gasteiger partial charge in [0.15, 0.2) is 6.61 Å². The molecular weight excluding hydrogens is 340 g/mol. The number of nitrogens with one attached hydrogen (secondary N) is 1. The number of carbonyl (C=O) groups excluding carboxylic acids is 2. The Labute approximate surface area is 159 Å². The van der Waals surface area contributed by atoms with Gasteiger partial charge in [0.25, 0.3) is 5.91 Å². The van der Waals surface area contributed by atoms with E-state index >= 15 is 0 Å². The van der Waals surface area contributed by atoms with Gasteiger partial charge in [-0.15, -0.1) is 0 Å². The van der Waals surface area contributed by atoms with E-state index in [9.17, 15) is 9.59 Å². The molecule has 1 atom stereocenters. The molecule has 2 aromatic carbocycles. The lowest BCUT2D eigenvalue weighted by atomic mass is 9.99. The summed E-state index contributed by atoms with van der Waals surface area (Å²) in [6, 6.07) is 16.4. The molecule has 1 N–H and O–H groups in total. The van der Waals surface area contributed by atoms with E-state index in [0.29, 0.717) is 17.2 Å². The first-order valence-corrected chi connectivity index (χ1v) is 8.76. The lowest BCUT2D eigenvalue weighted by Crippen LogP contribution is -2.20. The van der Waals surface area contributed by atoms with Crippen LogP contribution in [-0.4, -0.2) is 18.5 Å². The third-order valence-electron chi connectivity index (χ3n) is 4.17. The van der Waals surface area contributed by atoms with Crippen molar-refractivity contribution in [3.05, 3.63) is 71.3 Å².